The molecule has 0 radical (unpaired) electrons. The van der Waals surface area contributed by atoms with Crippen LogP contribution in [0.25, 0.3) is 0 Å². The lowest BCUT2D eigenvalue weighted by Gasteiger charge is -2.43. The molecule has 1 saturated heterocycles. The first-order valence-corrected chi connectivity index (χ1v) is 7.21. The van der Waals surface area contributed by atoms with Gasteiger partial charge in [-0.2, -0.15) is 0 Å². The van der Waals surface area contributed by atoms with Gasteiger partial charge in [0.05, 0.1) is 11.4 Å². The van der Waals surface area contributed by atoms with Crippen molar-refractivity contribution in [3.05, 3.63) is 23.8 Å². The quantitative estimate of drug-likeness (QED) is 0.747. The summed E-state index contributed by atoms with van der Waals surface area (Å²) in [6.07, 6.45) is 4.07. The van der Waals surface area contributed by atoms with Gasteiger partial charge in [-0.1, -0.05) is 26.8 Å². The maximum atomic E-state index is 3.63. The van der Waals surface area contributed by atoms with Crippen LogP contribution in [-0.4, -0.2) is 19.1 Å². The number of piperidine rings is 1. The average molecular weight is 244 g/mol. The van der Waals surface area contributed by atoms with E-state index >= 15 is 0 Å². The predicted molar refractivity (Wildman–Crippen MR) is 78.6 cm³/mol. The highest BCUT2D eigenvalue weighted by Crippen LogP contribution is 2.37. The van der Waals surface area contributed by atoms with Crippen LogP contribution in [0, 0.1) is 0 Å². The number of nitrogens with zero attached hydrogens (tertiary/aromatic N) is 1. The number of fused-ring (bicyclic) bond motifs is 3. The molecular weight excluding hydrogens is 220 g/mol. The zero-order valence-electron chi connectivity index (χ0n) is 11.8. The van der Waals surface area contributed by atoms with E-state index in [1.165, 1.54) is 42.7 Å². The van der Waals surface area contributed by atoms with E-state index in [1.807, 2.05) is 0 Å². The Hall–Kier alpha value is -1.18. The molecule has 1 unspecified atom stereocenters. The van der Waals surface area contributed by atoms with E-state index in [1.54, 1.807) is 0 Å². The SMILES string of the molecule is CC(C)(C)c1ccc2c(c1)NCC1CCCCN21. The minimum Gasteiger partial charge on any atom is -0.381 e. The van der Waals surface area contributed by atoms with Crippen LogP contribution >= 0.6 is 0 Å². The number of nitrogens with one attached hydrogen (secondary N) is 1. The molecule has 98 valence electrons. The first-order valence-electron chi connectivity index (χ1n) is 7.21. The number of anilines is 2. The highest BCUT2D eigenvalue weighted by molar-refractivity contribution is 5.74. The largest absolute Gasteiger partial charge is 0.381 e. The third kappa shape index (κ3) is 1.98. The summed E-state index contributed by atoms with van der Waals surface area (Å²) in [7, 11) is 0. The van der Waals surface area contributed by atoms with Crippen LogP contribution in [0.15, 0.2) is 18.2 Å². The highest BCUT2D eigenvalue weighted by atomic mass is 15.2. The summed E-state index contributed by atoms with van der Waals surface area (Å²) in [5.74, 6) is 0. The lowest BCUT2D eigenvalue weighted by Crippen LogP contribution is -2.47. The van der Waals surface area contributed by atoms with Crippen molar-refractivity contribution < 1.29 is 0 Å². The molecule has 2 heteroatoms. The monoisotopic (exact) mass is 244 g/mol. The van der Waals surface area contributed by atoms with Gasteiger partial charge in [-0.15, -0.1) is 0 Å². The van der Waals surface area contributed by atoms with Crippen molar-refractivity contribution in [3.63, 3.8) is 0 Å². The van der Waals surface area contributed by atoms with Crippen LogP contribution in [0.4, 0.5) is 11.4 Å². The van der Waals surface area contributed by atoms with Gasteiger partial charge in [0.15, 0.2) is 0 Å². The van der Waals surface area contributed by atoms with Crippen molar-refractivity contribution in [2.24, 2.45) is 0 Å². The summed E-state index contributed by atoms with van der Waals surface area (Å²) in [5.41, 5.74) is 4.40. The Morgan fingerprint density at radius 3 is 2.83 bits per heavy atom. The van der Waals surface area contributed by atoms with Crippen LogP contribution in [0.2, 0.25) is 0 Å². The van der Waals surface area contributed by atoms with Gasteiger partial charge in [0.25, 0.3) is 0 Å². The summed E-state index contributed by atoms with van der Waals surface area (Å²) < 4.78 is 0. The summed E-state index contributed by atoms with van der Waals surface area (Å²) >= 11 is 0. The standard InChI is InChI=1S/C16H24N2/c1-16(2,3)12-7-8-15-14(10-12)17-11-13-6-4-5-9-18(13)15/h7-8,10,13,17H,4-6,9,11H2,1-3H3. The van der Waals surface area contributed by atoms with E-state index < -0.39 is 0 Å². The maximum Gasteiger partial charge on any atom is 0.0605 e. The molecule has 0 aliphatic carbocycles. The molecule has 1 atom stereocenters. The minimum absolute atomic E-state index is 0.232. The number of benzene rings is 1. The summed E-state index contributed by atoms with van der Waals surface area (Å²) in [5, 5.41) is 3.63. The van der Waals surface area contributed by atoms with Crippen molar-refractivity contribution in [2.45, 2.75) is 51.5 Å². The molecule has 2 nitrogen and oxygen atoms in total. The topological polar surface area (TPSA) is 15.3 Å². The normalized spacial score (nSPS) is 23.1. The Bertz CT molecular complexity index is 445. The van der Waals surface area contributed by atoms with E-state index in [4.69, 9.17) is 0 Å². The first-order chi connectivity index (χ1) is 8.55. The van der Waals surface area contributed by atoms with E-state index in [9.17, 15) is 0 Å². The van der Waals surface area contributed by atoms with E-state index in [-0.39, 0.29) is 5.41 Å². The molecule has 2 heterocycles. The van der Waals surface area contributed by atoms with Crippen LogP contribution in [0.1, 0.15) is 45.6 Å². The van der Waals surface area contributed by atoms with Crippen molar-refractivity contribution >= 4 is 11.4 Å². The van der Waals surface area contributed by atoms with E-state index in [2.05, 4.69) is 49.2 Å². The molecule has 1 fully saturated rings. The van der Waals surface area contributed by atoms with Gasteiger partial charge >= 0.3 is 0 Å². The van der Waals surface area contributed by atoms with E-state index in [0.29, 0.717) is 6.04 Å². The van der Waals surface area contributed by atoms with Gasteiger partial charge in [0.1, 0.15) is 0 Å². The molecule has 2 aliphatic heterocycles. The smallest absolute Gasteiger partial charge is 0.0605 e. The molecular formula is C16H24N2. The number of hydrogen-bond donors (Lipinski definition) is 1. The first kappa shape index (κ1) is 11.9. The van der Waals surface area contributed by atoms with Crippen molar-refractivity contribution in [1.29, 1.82) is 0 Å². The molecule has 0 saturated carbocycles. The molecule has 1 N–H and O–H groups in total. The molecule has 0 bridgehead atoms. The van der Waals surface area contributed by atoms with Gasteiger partial charge in [-0.25, -0.2) is 0 Å². The molecule has 1 aromatic carbocycles. The fourth-order valence-corrected chi connectivity index (χ4v) is 3.15. The van der Waals surface area contributed by atoms with Crippen molar-refractivity contribution in [1.82, 2.24) is 0 Å². The van der Waals surface area contributed by atoms with Gasteiger partial charge in [0.2, 0.25) is 0 Å². The second-order valence-electron chi connectivity index (χ2n) is 6.71. The minimum atomic E-state index is 0.232. The van der Waals surface area contributed by atoms with Crippen LogP contribution in [0.5, 0.6) is 0 Å². The summed E-state index contributed by atoms with van der Waals surface area (Å²) in [4.78, 5) is 2.61. The fraction of sp³-hybridized carbons (Fsp3) is 0.625. The maximum absolute atomic E-state index is 3.63. The van der Waals surface area contributed by atoms with Gasteiger partial charge in [-0.05, 0) is 42.4 Å². The Kier molecular flexibility index (Phi) is 2.76. The molecule has 3 rings (SSSR count). The van der Waals surface area contributed by atoms with Crippen LogP contribution < -0.4 is 10.2 Å². The Morgan fingerprint density at radius 2 is 2.06 bits per heavy atom. The average Bonchev–Trinajstić information content (AvgIpc) is 2.37. The summed E-state index contributed by atoms with van der Waals surface area (Å²) in [6.45, 7) is 9.18. The lowest BCUT2D eigenvalue weighted by atomic mass is 9.86. The number of rotatable bonds is 0. The van der Waals surface area contributed by atoms with Gasteiger partial charge < -0.3 is 10.2 Å². The van der Waals surface area contributed by atoms with Crippen molar-refractivity contribution in [2.75, 3.05) is 23.3 Å². The lowest BCUT2D eigenvalue weighted by molar-refractivity contribution is 0.466. The predicted octanol–water partition coefficient (Wildman–Crippen LogP) is 3.77. The molecule has 1 aromatic rings. The fourth-order valence-electron chi connectivity index (χ4n) is 3.15. The Morgan fingerprint density at radius 1 is 1.22 bits per heavy atom. The molecule has 18 heavy (non-hydrogen) atoms. The Labute approximate surface area is 110 Å². The zero-order chi connectivity index (χ0) is 12.8. The number of hydrogen-bond acceptors (Lipinski definition) is 2. The van der Waals surface area contributed by atoms with Gasteiger partial charge in [0, 0.05) is 19.1 Å². The molecule has 0 aromatic heterocycles. The third-order valence-electron chi connectivity index (χ3n) is 4.33. The second-order valence-corrected chi connectivity index (χ2v) is 6.71. The third-order valence-corrected chi connectivity index (χ3v) is 4.33. The van der Waals surface area contributed by atoms with E-state index in [0.717, 1.165) is 6.54 Å². The van der Waals surface area contributed by atoms with Crippen LogP contribution in [-0.2, 0) is 5.41 Å². The molecule has 0 spiro atoms. The molecule has 2 aliphatic rings. The Balaban J connectivity index is 1.96. The van der Waals surface area contributed by atoms with Crippen molar-refractivity contribution in [3.8, 4) is 0 Å². The highest BCUT2D eigenvalue weighted by Gasteiger charge is 2.28. The van der Waals surface area contributed by atoms with Crippen LogP contribution in [0.3, 0.4) is 0 Å². The zero-order valence-corrected chi connectivity index (χ0v) is 11.8. The molecule has 0 amide bonds. The van der Waals surface area contributed by atoms with Gasteiger partial charge in [-0.3, -0.25) is 0 Å². The summed E-state index contributed by atoms with van der Waals surface area (Å²) in [6, 6.07) is 7.68. The second kappa shape index (κ2) is 4.18.